The molecule has 8 heteroatoms. The highest BCUT2D eigenvalue weighted by Gasteiger charge is 2.14. The van der Waals surface area contributed by atoms with Crippen molar-refractivity contribution in [2.24, 2.45) is 5.10 Å². The summed E-state index contributed by atoms with van der Waals surface area (Å²) in [6.07, 6.45) is 1.61. The minimum absolute atomic E-state index is 0.00275. The molecular weight excluding hydrogens is 363 g/mol. The summed E-state index contributed by atoms with van der Waals surface area (Å²) in [5.74, 6) is -4.49. The highest BCUT2D eigenvalue weighted by molar-refractivity contribution is 7.13. The number of ether oxygens (including phenoxy) is 1. The van der Waals surface area contributed by atoms with Crippen LogP contribution >= 0.6 is 11.3 Å². The highest BCUT2D eigenvalue weighted by Crippen LogP contribution is 2.23. The first kappa shape index (κ1) is 17.9. The number of benzene rings is 2. The maximum absolute atomic E-state index is 13.6. The van der Waals surface area contributed by atoms with E-state index in [2.05, 4.69) is 15.5 Å². The van der Waals surface area contributed by atoms with E-state index in [1.54, 1.807) is 24.4 Å². The van der Waals surface area contributed by atoms with Gasteiger partial charge in [-0.05, 0) is 36.2 Å². The zero-order valence-corrected chi connectivity index (χ0v) is 14.5. The van der Waals surface area contributed by atoms with Gasteiger partial charge in [-0.1, -0.05) is 18.2 Å². The molecule has 26 heavy (non-hydrogen) atoms. The number of thiazole rings is 1. The number of hydrogen-bond donors (Lipinski definition) is 1. The Kier molecular flexibility index (Phi) is 5.52. The van der Waals surface area contributed by atoms with Gasteiger partial charge in [0.15, 0.2) is 17.4 Å². The number of hydrogen-bond acceptors (Lipinski definition) is 5. The lowest BCUT2D eigenvalue weighted by Gasteiger charge is -2.08. The van der Waals surface area contributed by atoms with Crippen LogP contribution in [0, 0.1) is 24.4 Å². The molecule has 1 aromatic heterocycles. The first-order valence-corrected chi connectivity index (χ1v) is 8.47. The van der Waals surface area contributed by atoms with E-state index >= 15 is 0 Å². The van der Waals surface area contributed by atoms with Crippen LogP contribution in [0.1, 0.15) is 16.8 Å². The highest BCUT2D eigenvalue weighted by atomic mass is 32.1. The van der Waals surface area contributed by atoms with Gasteiger partial charge in [0.05, 0.1) is 11.9 Å². The van der Waals surface area contributed by atoms with Crippen molar-refractivity contribution in [3.05, 3.63) is 76.1 Å². The molecule has 0 amide bonds. The van der Waals surface area contributed by atoms with Crippen LogP contribution in [-0.4, -0.2) is 11.2 Å². The van der Waals surface area contributed by atoms with E-state index in [9.17, 15) is 13.2 Å². The molecule has 0 saturated carbocycles. The molecule has 0 saturated heterocycles. The van der Waals surface area contributed by atoms with Crippen LogP contribution in [0.4, 0.5) is 18.3 Å². The average Bonchev–Trinajstić information content (AvgIpc) is 3.05. The molecule has 0 radical (unpaired) electrons. The van der Waals surface area contributed by atoms with E-state index in [1.165, 1.54) is 11.3 Å². The minimum Gasteiger partial charge on any atom is -0.486 e. The van der Waals surface area contributed by atoms with Crippen LogP contribution in [0.5, 0.6) is 5.75 Å². The van der Waals surface area contributed by atoms with Crippen LogP contribution < -0.4 is 10.2 Å². The Labute approximate surface area is 152 Å². The summed E-state index contributed by atoms with van der Waals surface area (Å²) in [7, 11) is 0. The molecule has 0 aliphatic rings. The Hall–Kier alpha value is -2.87. The lowest BCUT2D eigenvalue weighted by molar-refractivity contribution is 0.281. The van der Waals surface area contributed by atoms with Crippen LogP contribution in [0.2, 0.25) is 0 Å². The molecule has 0 fully saturated rings. The summed E-state index contributed by atoms with van der Waals surface area (Å²) in [5.41, 5.74) is 5.26. The molecule has 2 aromatic carbocycles. The van der Waals surface area contributed by atoms with E-state index in [1.807, 2.05) is 18.4 Å². The van der Waals surface area contributed by atoms with Crippen LogP contribution in [0.25, 0.3) is 0 Å². The Balaban J connectivity index is 1.63. The minimum atomic E-state index is -1.55. The van der Waals surface area contributed by atoms with Crippen molar-refractivity contribution in [1.29, 1.82) is 0 Å². The van der Waals surface area contributed by atoms with Crippen molar-refractivity contribution in [1.82, 2.24) is 4.98 Å². The van der Waals surface area contributed by atoms with Crippen molar-refractivity contribution in [2.75, 3.05) is 5.43 Å². The van der Waals surface area contributed by atoms with Crippen molar-refractivity contribution < 1.29 is 17.9 Å². The molecule has 1 heterocycles. The third kappa shape index (κ3) is 4.40. The van der Waals surface area contributed by atoms with Crippen LogP contribution in [0.3, 0.4) is 0 Å². The smallest absolute Gasteiger partial charge is 0.203 e. The van der Waals surface area contributed by atoms with Crippen molar-refractivity contribution in [3.63, 3.8) is 0 Å². The first-order valence-electron chi connectivity index (χ1n) is 7.59. The second kappa shape index (κ2) is 8.01. The maximum Gasteiger partial charge on any atom is 0.203 e. The fourth-order valence-electron chi connectivity index (χ4n) is 2.11. The Morgan fingerprint density at radius 1 is 1.19 bits per heavy atom. The number of anilines is 1. The summed E-state index contributed by atoms with van der Waals surface area (Å²) in [6, 6.07) is 9.06. The third-order valence-corrected chi connectivity index (χ3v) is 4.20. The van der Waals surface area contributed by atoms with E-state index in [4.69, 9.17) is 4.74 Å². The topological polar surface area (TPSA) is 46.5 Å². The van der Waals surface area contributed by atoms with Gasteiger partial charge in [-0.15, -0.1) is 11.3 Å². The number of nitrogens with one attached hydrogen (secondary N) is 1. The Morgan fingerprint density at radius 2 is 2.04 bits per heavy atom. The van der Waals surface area contributed by atoms with E-state index in [0.29, 0.717) is 5.13 Å². The lowest BCUT2D eigenvalue weighted by Crippen LogP contribution is -2.01. The second-order valence-electron chi connectivity index (χ2n) is 5.37. The molecule has 0 unspecified atom stereocenters. The molecule has 0 atom stereocenters. The van der Waals surface area contributed by atoms with Crippen LogP contribution in [0.15, 0.2) is 46.9 Å². The molecule has 0 bridgehead atoms. The van der Waals surface area contributed by atoms with Gasteiger partial charge >= 0.3 is 0 Å². The number of nitrogens with zero attached hydrogens (tertiary/aromatic N) is 2. The fourth-order valence-corrected chi connectivity index (χ4v) is 2.75. The largest absolute Gasteiger partial charge is 0.486 e. The standard InChI is InChI=1S/C18H14F3N3OS/c1-11-10-26-18(23-11)24-22-8-12-3-2-4-13(7-12)9-25-15-6-5-14(19)16(20)17(15)21/h2-8,10H,9H2,1H3,(H,23,24). The third-order valence-electron chi connectivity index (χ3n) is 3.34. The van der Waals surface area contributed by atoms with Gasteiger partial charge in [0.1, 0.15) is 6.61 Å². The number of rotatable bonds is 6. The van der Waals surface area contributed by atoms with Gasteiger partial charge in [0, 0.05) is 5.38 Å². The summed E-state index contributed by atoms with van der Waals surface area (Å²) in [4.78, 5) is 4.22. The zero-order chi connectivity index (χ0) is 18.5. The summed E-state index contributed by atoms with van der Waals surface area (Å²) in [6.45, 7) is 1.90. The zero-order valence-electron chi connectivity index (χ0n) is 13.7. The van der Waals surface area contributed by atoms with Gasteiger partial charge in [0.25, 0.3) is 0 Å². The molecule has 4 nitrogen and oxygen atoms in total. The number of halogens is 3. The molecule has 134 valence electrons. The molecule has 0 aliphatic heterocycles. The SMILES string of the molecule is Cc1csc(NN=Cc2cccc(COc3ccc(F)c(F)c3F)c2)n1. The lowest BCUT2D eigenvalue weighted by atomic mass is 10.1. The molecule has 0 aliphatic carbocycles. The van der Waals surface area contributed by atoms with Crippen molar-refractivity contribution >= 4 is 22.7 Å². The summed E-state index contributed by atoms with van der Waals surface area (Å²) < 4.78 is 45.0. The number of aromatic nitrogens is 1. The molecule has 0 spiro atoms. The maximum atomic E-state index is 13.6. The molecule has 3 rings (SSSR count). The summed E-state index contributed by atoms with van der Waals surface area (Å²) >= 11 is 1.45. The fraction of sp³-hybridized carbons (Fsp3) is 0.111. The van der Waals surface area contributed by atoms with Gasteiger partial charge in [-0.2, -0.15) is 9.49 Å². The van der Waals surface area contributed by atoms with E-state index in [0.717, 1.165) is 29.0 Å². The molecule has 1 N–H and O–H groups in total. The van der Waals surface area contributed by atoms with Crippen molar-refractivity contribution in [3.8, 4) is 5.75 Å². The number of hydrazone groups is 1. The Bertz CT molecular complexity index is 943. The number of aryl methyl sites for hydroxylation is 1. The normalized spacial score (nSPS) is 11.1. The first-order chi connectivity index (χ1) is 12.5. The van der Waals surface area contributed by atoms with Gasteiger partial charge in [-0.3, -0.25) is 5.43 Å². The van der Waals surface area contributed by atoms with Gasteiger partial charge in [-0.25, -0.2) is 13.8 Å². The predicted molar refractivity (Wildman–Crippen MR) is 95.2 cm³/mol. The van der Waals surface area contributed by atoms with E-state index < -0.39 is 17.5 Å². The van der Waals surface area contributed by atoms with Gasteiger partial charge in [0.2, 0.25) is 10.9 Å². The van der Waals surface area contributed by atoms with Gasteiger partial charge < -0.3 is 4.74 Å². The van der Waals surface area contributed by atoms with E-state index in [-0.39, 0.29) is 12.4 Å². The predicted octanol–water partition coefficient (Wildman–Crippen LogP) is 4.89. The second-order valence-corrected chi connectivity index (χ2v) is 6.23. The summed E-state index contributed by atoms with van der Waals surface area (Å²) in [5, 5.41) is 6.70. The van der Waals surface area contributed by atoms with Crippen LogP contribution in [-0.2, 0) is 6.61 Å². The molecule has 3 aromatic rings. The monoisotopic (exact) mass is 377 g/mol. The molecular formula is C18H14F3N3OS. The quantitative estimate of drug-likeness (QED) is 0.378. The average molecular weight is 377 g/mol. The van der Waals surface area contributed by atoms with Crippen molar-refractivity contribution in [2.45, 2.75) is 13.5 Å². The Morgan fingerprint density at radius 3 is 2.81 bits per heavy atom.